The van der Waals surface area contributed by atoms with Gasteiger partial charge in [0.1, 0.15) is 0 Å². The van der Waals surface area contributed by atoms with E-state index in [1.54, 1.807) is 36.4 Å². The van der Waals surface area contributed by atoms with E-state index in [1.165, 1.54) is 4.31 Å². The number of piperidine rings is 1. The Morgan fingerprint density at radius 1 is 1.03 bits per heavy atom. The molecule has 2 amide bonds. The van der Waals surface area contributed by atoms with Gasteiger partial charge in [-0.15, -0.1) is 0 Å². The molecule has 4 rings (SSSR count). The number of carbonyl (C=O) groups is 2. The first-order chi connectivity index (χ1) is 15.9. The summed E-state index contributed by atoms with van der Waals surface area (Å²) in [6.45, 7) is 1.26. The van der Waals surface area contributed by atoms with Gasteiger partial charge in [-0.1, -0.05) is 24.3 Å². The summed E-state index contributed by atoms with van der Waals surface area (Å²) >= 11 is 0. The Morgan fingerprint density at radius 3 is 2.64 bits per heavy atom. The number of nitrogens with one attached hydrogen (secondary N) is 2. The molecule has 0 bridgehead atoms. The van der Waals surface area contributed by atoms with Crippen LogP contribution in [0, 0.1) is 5.92 Å². The number of hydrogen-bond donors (Lipinski definition) is 2. The van der Waals surface area contributed by atoms with Gasteiger partial charge in [0.2, 0.25) is 28.6 Å². The Bertz CT molecular complexity index is 1110. The topological polar surface area (TPSA) is 114 Å². The molecule has 0 aliphatic carbocycles. The van der Waals surface area contributed by atoms with E-state index in [-0.39, 0.29) is 43.0 Å². The minimum atomic E-state index is -3.63. The van der Waals surface area contributed by atoms with Gasteiger partial charge >= 0.3 is 0 Å². The van der Waals surface area contributed by atoms with Gasteiger partial charge in [0, 0.05) is 32.6 Å². The molecule has 10 heteroatoms. The summed E-state index contributed by atoms with van der Waals surface area (Å²) in [7, 11) is -3.63. The zero-order valence-corrected chi connectivity index (χ0v) is 19.0. The van der Waals surface area contributed by atoms with E-state index in [0.717, 1.165) is 5.56 Å². The Morgan fingerprint density at radius 2 is 1.82 bits per heavy atom. The third kappa shape index (κ3) is 5.63. The molecule has 176 valence electrons. The van der Waals surface area contributed by atoms with Crippen LogP contribution in [0.2, 0.25) is 0 Å². The van der Waals surface area contributed by atoms with Gasteiger partial charge in [-0.05, 0) is 42.7 Å². The molecule has 2 aromatic carbocycles. The van der Waals surface area contributed by atoms with Crippen LogP contribution >= 0.6 is 0 Å². The summed E-state index contributed by atoms with van der Waals surface area (Å²) < 4.78 is 37.6. The maximum Gasteiger partial charge on any atom is 0.243 e. The standard InChI is InChI=1S/C23H27N3O6S/c27-22(25-14-17-8-9-20-21(13-17)32-16-31-20)10-11-24-23(28)18-5-4-12-26(15-18)33(29,30)19-6-2-1-3-7-19/h1-3,6-9,13,18H,4-5,10-12,14-16H2,(H,24,28)(H,25,27). The van der Waals surface area contributed by atoms with Crippen molar-refractivity contribution in [2.45, 2.75) is 30.7 Å². The van der Waals surface area contributed by atoms with Crippen molar-refractivity contribution < 1.29 is 27.5 Å². The van der Waals surface area contributed by atoms with Crippen LogP contribution in [0.4, 0.5) is 0 Å². The highest BCUT2D eigenvalue weighted by atomic mass is 32.2. The van der Waals surface area contributed by atoms with Crippen molar-refractivity contribution in [1.29, 1.82) is 0 Å². The smallest absolute Gasteiger partial charge is 0.243 e. The molecule has 0 saturated carbocycles. The maximum absolute atomic E-state index is 12.8. The zero-order chi connectivity index (χ0) is 23.3. The van der Waals surface area contributed by atoms with Gasteiger partial charge in [0.25, 0.3) is 0 Å². The van der Waals surface area contributed by atoms with Gasteiger partial charge in [-0.25, -0.2) is 8.42 Å². The Hall–Kier alpha value is -3.11. The average molecular weight is 474 g/mol. The fourth-order valence-corrected chi connectivity index (χ4v) is 5.44. The van der Waals surface area contributed by atoms with E-state index in [2.05, 4.69) is 10.6 Å². The van der Waals surface area contributed by atoms with Crippen molar-refractivity contribution in [3.05, 3.63) is 54.1 Å². The van der Waals surface area contributed by atoms with Crippen LogP contribution in [0.3, 0.4) is 0 Å². The fourth-order valence-electron chi connectivity index (χ4n) is 3.90. The molecule has 9 nitrogen and oxygen atoms in total. The van der Waals surface area contributed by atoms with E-state index in [0.29, 0.717) is 37.4 Å². The lowest BCUT2D eigenvalue weighted by Gasteiger charge is -2.31. The molecule has 2 aliphatic rings. The van der Waals surface area contributed by atoms with Crippen LogP contribution in [0.15, 0.2) is 53.4 Å². The molecular formula is C23H27N3O6S. The van der Waals surface area contributed by atoms with Crippen molar-refractivity contribution in [3.63, 3.8) is 0 Å². The predicted octanol–water partition coefficient (Wildman–Crippen LogP) is 1.64. The minimum Gasteiger partial charge on any atom is -0.454 e. The normalized spacial score (nSPS) is 18.0. The van der Waals surface area contributed by atoms with Crippen molar-refractivity contribution in [3.8, 4) is 11.5 Å². The molecule has 1 saturated heterocycles. The summed E-state index contributed by atoms with van der Waals surface area (Å²) in [6.07, 6.45) is 1.36. The monoisotopic (exact) mass is 473 g/mol. The molecule has 2 heterocycles. The minimum absolute atomic E-state index is 0.134. The lowest BCUT2D eigenvalue weighted by atomic mass is 9.99. The molecular weight excluding hydrogens is 446 g/mol. The second kappa shape index (κ2) is 10.2. The molecule has 2 N–H and O–H groups in total. The van der Waals surface area contributed by atoms with E-state index in [9.17, 15) is 18.0 Å². The number of fused-ring (bicyclic) bond motifs is 1. The highest BCUT2D eigenvalue weighted by Crippen LogP contribution is 2.32. The van der Waals surface area contributed by atoms with E-state index < -0.39 is 15.9 Å². The lowest BCUT2D eigenvalue weighted by Crippen LogP contribution is -2.45. The summed E-state index contributed by atoms with van der Waals surface area (Å²) in [5.41, 5.74) is 0.888. The second-order valence-electron chi connectivity index (χ2n) is 8.02. The van der Waals surface area contributed by atoms with Gasteiger partial charge in [0.15, 0.2) is 11.5 Å². The van der Waals surface area contributed by atoms with Crippen LogP contribution in [0.5, 0.6) is 11.5 Å². The molecule has 1 unspecified atom stereocenters. The van der Waals surface area contributed by atoms with Crippen LogP contribution in [-0.2, 0) is 26.2 Å². The number of sulfonamides is 1. The Kier molecular flexibility index (Phi) is 7.14. The highest BCUT2D eigenvalue weighted by molar-refractivity contribution is 7.89. The van der Waals surface area contributed by atoms with Crippen LogP contribution in [-0.4, -0.2) is 51.0 Å². The quantitative estimate of drug-likeness (QED) is 0.603. The van der Waals surface area contributed by atoms with Crippen molar-refractivity contribution in [2.75, 3.05) is 26.4 Å². The molecule has 0 radical (unpaired) electrons. The van der Waals surface area contributed by atoms with Crippen molar-refractivity contribution in [2.24, 2.45) is 5.92 Å². The first-order valence-corrected chi connectivity index (χ1v) is 12.4. The second-order valence-corrected chi connectivity index (χ2v) is 9.96. The van der Waals surface area contributed by atoms with E-state index >= 15 is 0 Å². The van der Waals surface area contributed by atoms with E-state index in [4.69, 9.17) is 9.47 Å². The van der Waals surface area contributed by atoms with Crippen LogP contribution in [0.25, 0.3) is 0 Å². The first kappa shape index (κ1) is 23.1. The Labute approximate surface area is 193 Å². The maximum atomic E-state index is 12.8. The highest BCUT2D eigenvalue weighted by Gasteiger charge is 2.33. The molecule has 2 aliphatic heterocycles. The fraction of sp³-hybridized carbons (Fsp3) is 0.391. The molecule has 0 aromatic heterocycles. The molecule has 2 aromatic rings. The third-order valence-electron chi connectivity index (χ3n) is 5.71. The summed E-state index contributed by atoms with van der Waals surface area (Å²) in [6, 6.07) is 13.7. The summed E-state index contributed by atoms with van der Waals surface area (Å²) in [4.78, 5) is 25.0. The van der Waals surface area contributed by atoms with Gasteiger partial charge < -0.3 is 20.1 Å². The van der Waals surface area contributed by atoms with Gasteiger partial charge in [-0.2, -0.15) is 4.31 Å². The van der Waals surface area contributed by atoms with Crippen molar-refractivity contribution >= 4 is 21.8 Å². The molecule has 1 fully saturated rings. The number of nitrogens with zero attached hydrogens (tertiary/aromatic N) is 1. The third-order valence-corrected chi connectivity index (χ3v) is 7.59. The molecule has 33 heavy (non-hydrogen) atoms. The largest absolute Gasteiger partial charge is 0.454 e. The predicted molar refractivity (Wildman–Crippen MR) is 120 cm³/mol. The summed E-state index contributed by atoms with van der Waals surface area (Å²) in [5, 5.41) is 5.58. The SMILES string of the molecule is O=C(CCNC(=O)C1CCCN(S(=O)(=O)c2ccccc2)C1)NCc1ccc2c(c1)OCO2. The molecule has 1 atom stereocenters. The van der Waals surface area contributed by atoms with Crippen LogP contribution in [0.1, 0.15) is 24.8 Å². The van der Waals surface area contributed by atoms with Gasteiger partial charge in [0.05, 0.1) is 10.8 Å². The number of ether oxygens (including phenoxy) is 2. The lowest BCUT2D eigenvalue weighted by molar-refractivity contribution is -0.126. The molecule has 0 spiro atoms. The number of carbonyl (C=O) groups excluding carboxylic acids is 2. The number of hydrogen-bond acceptors (Lipinski definition) is 6. The number of amides is 2. The van der Waals surface area contributed by atoms with Crippen LogP contribution < -0.4 is 20.1 Å². The van der Waals surface area contributed by atoms with E-state index in [1.807, 2.05) is 12.1 Å². The number of benzene rings is 2. The number of rotatable bonds is 8. The average Bonchev–Trinajstić information content (AvgIpc) is 3.31. The zero-order valence-electron chi connectivity index (χ0n) is 18.2. The van der Waals surface area contributed by atoms with Crippen molar-refractivity contribution in [1.82, 2.24) is 14.9 Å². The Balaban J connectivity index is 1.21. The first-order valence-electron chi connectivity index (χ1n) is 10.9. The summed E-state index contributed by atoms with van der Waals surface area (Å²) in [5.74, 6) is 0.487. The van der Waals surface area contributed by atoms with Gasteiger partial charge in [-0.3, -0.25) is 9.59 Å².